The van der Waals surface area contributed by atoms with Gasteiger partial charge in [0.25, 0.3) is 0 Å². The smallest absolute Gasteiger partial charge is 0.319 e. The lowest BCUT2D eigenvalue weighted by atomic mass is 10.2. The lowest BCUT2D eigenvalue weighted by molar-refractivity contribution is -0.00539. The van der Waals surface area contributed by atoms with Gasteiger partial charge in [-0.05, 0) is 45.4 Å². The van der Waals surface area contributed by atoms with E-state index < -0.39 is 12.1 Å². The number of nitrogens with one attached hydrogen (secondary N) is 2. The van der Waals surface area contributed by atoms with Crippen LogP contribution in [0.5, 0.6) is 0 Å². The van der Waals surface area contributed by atoms with E-state index in [9.17, 15) is 9.18 Å². The highest BCUT2D eigenvalue weighted by Crippen LogP contribution is 2.26. The molecule has 0 saturated carbocycles. The Morgan fingerprint density at radius 2 is 2.08 bits per heavy atom. The number of carbonyl (C=O) groups excluding carboxylic acids is 1. The number of morpholine rings is 1. The molecule has 24 heavy (non-hydrogen) atoms. The number of amides is 2. The van der Waals surface area contributed by atoms with E-state index in [-0.39, 0.29) is 18.0 Å². The number of benzene rings is 1. The molecule has 1 heterocycles. The summed E-state index contributed by atoms with van der Waals surface area (Å²) in [5.41, 5.74) is 0.900. The number of halogens is 1. The molecule has 1 fully saturated rings. The molecule has 1 saturated heterocycles. The molecule has 1 aliphatic rings. The van der Waals surface area contributed by atoms with Gasteiger partial charge in [0, 0.05) is 25.3 Å². The summed E-state index contributed by atoms with van der Waals surface area (Å²) in [5.74, 6) is -0.377. The van der Waals surface area contributed by atoms with Gasteiger partial charge < -0.3 is 25.4 Å². The summed E-state index contributed by atoms with van der Waals surface area (Å²) < 4.78 is 20.1. The van der Waals surface area contributed by atoms with Crippen LogP contribution in [0, 0.1) is 5.82 Å². The van der Waals surface area contributed by atoms with E-state index in [1.54, 1.807) is 19.1 Å². The van der Waals surface area contributed by atoms with Crippen LogP contribution >= 0.6 is 0 Å². The molecule has 0 bridgehead atoms. The van der Waals surface area contributed by atoms with Gasteiger partial charge in [-0.25, -0.2) is 9.18 Å². The minimum Gasteiger partial charge on any atom is -0.393 e. The molecule has 0 aromatic heterocycles. The van der Waals surface area contributed by atoms with E-state index in [4.69, 9.17) is 9.84 Å². The van der Waals surface area contributed by atoms with E-state index in [0.29, 0.717) is 37.4 Å². The number of rotatable bonds is 5. The number of aliphatic hydroxyl groups is 1. The van der Waals surface area contributed by atoms with Crippen LogP contribution in [-0.4, -0.2) is 49.1 Å². The molecule has 2 rings (SSSR count). The summed E-state index contributed by atoms with van der Waals surface area (Å²) in [6.07, 6.45) is 0.0883. The number of urea groups is 1. The second kappa shape index (κ2) is 8.30. The monoisotopic (exact) mass is 339 g/mol. The van der Waals surface area contributed by atoms with Gasteiger partial charge in [0.05, 0.1) is 24.0 Å². The quantitative estimate of drug-likeness (QED) is 0.770. The molecule has 2 amide bonds. The number of aliphatic hydroxyl groups excluding tert-OH is 1. The van der Waals surface area contributed by atoms with Crippen molar-refractivity contribution in [2.45, 2.75) is 45.5 Å². The first-order chi connectivity index (χ1) is 11.3. The van der Waals surface area contributed by atoms with Crippen LogP contribution in [0.1, 0.15) is 27.2 Å². The molecule has 3 atom stereocenters. The number of carbonyl (C=O) groups is 1. The van der Waals surface area contributed by atoms with Crippen molar-refractivity contribution in [1.82, 2.24) is 5.32 Å². The summed E-state index contributed by atoms with van der Waals surface area (Å²) in [7, 11) is 0. The zero-order chi connectivity index (χ0) is 17.7. The average molecular weight is 339 g/mol. The van der Waals surface area contributed by atoms with Gasteiger partial charge in [-0.2, -0.15) is 0 Å². The molecular formula is C17H26FN3O3. The third-order valence-electron chi connectivity index (χ3n) is 3.81. The summed E-state index contributed by atoms with van der Waals surface area (Å²) in [6.45, 7) is 7.21. The third kappa shape index (κ3) is 5.35. The van der Waals surface area contributed by atoms with E-state index >= 15 is 0 Å². The summed E-state index contributed by atoms with van der Waals surface area (Å²) in [4.78, 5) is 13.7. The fourth-order valence-electron chi connectivity index (χ4n) is 2.79. The topological polar surface area (TPSA) is 73.8 Å². The largest absolute Gasteiger partial charge is 0.393 e. The van der Waals surface area contributed by atoms with Gasteiger partial charge in [-0.15, -0.1) is 0 Å². The van der Waals surface area contributed by atoms with E-state index in [1.807, 2.05) is 18.7 Å². The minimum atomic E-state index is -0.472. The lowest BCUT2D eigenvalue weighted by Crippen LogP contribution is -2.45. The molecule has 0 spiro atoms. The van der Waals surface area contributed by atoms with Crippen LogP contribution in [0.2, 0.25) is 0 Å². The van der Waals surface area contributed by atoms with Crippen molar-refractivity contribution in [2.24, 2.45) is 0 Å². The zero-order valence-corrected chi connectivity index (χ0v) is 14.4. The van der Waals surface area contributed by atoms with Gasteiger partial charge in [0.15, 0.2) is 0 Å². The van der Waals surface area contributed by atoms with Crippen LogP contribution in [0.3, 0.4) is 0 Å². The molecule has 0 aliphatic carbocycles. The van der Waals surface area contributed by atoms with Crippen LogP contribution in [-0.2, 0) is 4.74 Å². The van der Waals surface area contributed by atoms with E-state index in [1.165, 1.54) is 6.07 Å². The normalized spacial score (nSPS) is 22.1. The molecular weight excluding hydrogens is 313 g/mol. The first kappa shape index (κ1) is 18.5. The number of anilines is 2. The Kier molecular flexibility index (Phi) is 6.39. The van der Waals surface area contributed by atoms with Crippen molar-refractivity contribution < 1.29 is 19.0 Å². The van der Waals surface area contributed by atoms with Gasteiger partial charge >= 0.3 is 6.03 Å². The Hall–Kier alpha value is -1.86. The third-order valence-corrected chi connectivity index (χ3v) is 3.81. The Morgan fingerprint density at radius 3 is 2.67 bits per heavy atom. The fourth-order valence-corrected chi connectivity index (χ4v) is 2.79. The van der Waals surface area contributed by atoms with Crippen molar-refractivity contribution in [1.29, 1.82) is 0 Å². The van der Waals surface area contributed by atoms with Gasteiger partial charge in [-0.1, -0.05) is 0 Å². The highest BCUT2D eigenvalue weighted by molar-refractivity contribution is 5.89. The Morgan fingerprint density at radius 1 is 1.42 bits per heavy atom. The van der Waals surface area contributed by atoms with E-state index in [0.717, 1.165) is 0 Å². The molecule has 134 valence electrons. The molecule has 0 radical (unpaired) electrons. The van der Waals surface area contributed by atoms with Gasteiger partial charge in [-0.3, -0.25) is 0 Å². The molecule has 0 unspecified atom stereocenters. The predicted molar refractivity (Wildman–Crippen MR) is 91.9 cm³/mol. The molecule has 1 aromatic rings. The van der Waals surface area contributed by atoms with Crippen molar-refractivity contribution in [2.75, 3.05) is 29.9 Å². The van der Waals surface area contributed by atoms with Gasteiger partial charge in [0.2, 0.25) is 0 Å². The van der Waals surface area contributed by atoms with Crippen molar-refractivity contribution in [3.8, 4) is 0 Å². The second-order valence-electron chi connectivity index (χ2n) is 6.35. The van der Waals surface area contributed by atoms with Gasteiger partial charge in [0.1, 0.15) is 5.82 Å². The first-order valence-electron chi connectivity index (χ1n) is 8.28. The summed E-state index contributed by atoms with van der Waals surface area (Å²) in [6, 6.07) is 4.24. The SMILES string of the molecule is C[C@@H]1CN(c2ccc(NC(=O)NCC[C@@H](C)O)cc2F)C[C@H](C)O1. The molecule has 1 aliphatic heterocycles. The average Bonchev–Trinajstić information content (AvgIpc) is 2.45. The standard InChI is InChI=1S/C17H26FN3O3/c1-11(22)6-7-19-17(23)20-14-4-5-16(15(18)8-14)21-9-12(2)24-13(3)10-21/h4-5,8,11-13,22H,6-7,9-10H2,1-3H3,(H2,19,20,23)/t11-,12-,13+/m1/s1. The fraction of sp³-hybridized carbons (Fsp3) is 0.588. The zero-order valence-electron chi connectivity index (χ0n) is 14.4. The highest BCUT2D eigenvalue weighted by atomic mass is 19.1. The van der Waals surface area contributed by atoms with E-state index in [2.05, 4.69) is 10.6 Å². The number of hydrogen-bond acceptors (Lipinski definition) is 4. The second-order valence-corrected chi connectivity index (χ2v) is 6.35. The Bertz CT molecular complexity index is 558. The van der Waals surface area contributed by atoms with Crippen LogP contribution in [0.15, 0.2) is 18.2 Å². The number of hydrogen-bond donors (Lipinski definition) is 3. The first-order valence-corrected chi connectivity index (χ1v) is 8.28. The summed E-state index contributed by atoms with van der Waals surface area (Å²) in [5, 5.41) is 14.3. The minimum absolute atomic E-state index is 0.0469. The summed E-state index contributed by atoms with van der Waals surface area (Å²) >= 11 is 0. The van der Waals surface area contributed by atoms with Crippen LogP contribution < -0.4 is 15.5 Å². The van der Waals surface area contributed by atoms with Crippen LogP contribution in [0.25, 0.3) is 0 Å². The Balaban J connectivity index is 1.95. The maximum absolute atomic E-state index is 14.4. The molecule has 3 N–H and O–H groups in total. The maximum atomic E-state index is 14.4. The number of nitrogens with zero attached hydrogens (tertiary/aromatic N) is 1. The highest BCUT2D eigenvalue weighted by Gasteiger charge is 2.24. The molecule has 7 heteroatoms. The molecule has 6 nitrogen and oxygen atoms in total. The predicted octanol–water partition coefficient (Wildman–Crippen LogP) is 2.33. The maximum Gasteiger partial charge on any atom is 0.319 e. The lowest BCUT2D eigenvalue weighted by Gasteiger charge is -2.37. The van der Waals surface area contributed by atoms with Crippen LogP contribution in [0.4, 0.5) is 20.6 Å². The van der Waals surface area contributed by atoms with Crippen molar-refractivity contribution >= 4 is 17.4 Å². The van der Waals surface area contributed by atoms with Crippen molar-refractivity contribution in [3.05, 3.63) is 24.0 Å². The van der Waals surface area contributed by atoms with Crippen molar-refractivity contribution in [3.63, 3.8) is 0 Å². The Labute approximate surface area is 142 Å². The molecule has 1 aromatic carbocycles. The number of ether oxygens (including phenoxy) is 1.